The maximum Gasteiger partial charge on any atom is 0.162 e. The third-order valence-corrected chi connectivity index (χ3v) is 2.64. The second kappa shape index (κ2) is 3.50. The Bertz CT molecular complexity index is 142. The number of hydrogen-bond acceptors (Lipinski definition) is 3. The fourth-order valence-electron chi connectivity index (χ4n) is 0.948. The second-order valence-electron chi connectivity index (χ2n) is 3.77. The van der Waals surface area contributed by atoms with E-state index in [9.17, 15) is 0 Å². The van der Waals surface area contributed by atoms with Gasteiger partial charge in [0, 0.05) is 5.88 Å². The van der Waals surface area contributed by atoms with Crippen LogP contribution >= 0.6 is 11.6 Å². The van der Waals surface area contributed by atoms with Crippen molar-refractivity contribution in [2.45, 2.75) is 19.6 Å². The van der Waals surface area contributed by atoms with Gasteiger partial charge in [-0.15, -0.1) is 11.6 Å². The molecule has 12 heavy (non-hydrogen) atoms. The van der Waals surface area contributed by atoms with Crippen LogP contribution in [0.1, 0.15) is 13.8 Å². The molecular formula is C8H15ClO3. The first kappa shape index (κ1) is 10.3. The first-order chi connectivity index (χ1) is 5.54. The Morgan fingerprint density at radius 2 is 1.83 bits per heavy atom. The molecule has 0 saturated carbocycles. The zero-order valence-corrected chi connectivity index (χ0v) is 8.23. The molecule has 1 fully saturated rings. The van der Waals surface area contributed by atoms with E-state index in [-0.39, 0.29) is 6.61 Å². The van der Waals surface area contributed by atoms with Gasteiger partial charge in [0.05, 0.1) is 25.2 Å². The van der Waals surface area contributed by atoms with Crippen LogP contribution in [0.25, 0.3) is 0 Å². The molecule has 0 aromatic rings. The maximum absolute atomic E-state index is 9.07. The molecule has 1 heterocycles. The van der Waals surface area contributed by atoms with E-state index < -0.39 is 11.2 Å². The molecular weight excluding hydrogens is 180 g/mol. The number of halogens is 1. The Balaban J connectivity index is 2.53. The summed E-state index contributed by atoms with van der Waals surface area (Å²) in [7, 11) is 0. The Kier molecular flexibility index (Phi) is 2.99. The highest BCUT2D eigenvalue weighted by Crippen LogP contribution is 2.30. The normalized spacial score (nSPS) is 27.0. The molecule has 72 valence electrons. The molecule has 1 aliphatic heterocycles. The lowest BCUT2D eigenvalue weighted by Gasteiger charge is -2.41. The molecule has 1 aliphatic rings. The van der Waals surface area contributed by atoms with Gasteiger partial charge in [-0.3, -0.25) is 0 Å². The van der Waals surface area contributed by atoms with Gasteiger partial charge in [0.25, 0.3) is 0 Å². The van der Waals surface area contributed by atoms with Crippen LogP contribution in [0.3, 0.4) is 0 Å². The quantitative estimate of drug-likeness (QED) is 0.667. The van der Waals surface area contributed by atoms with Crippen LogP contribution in [0.2, 0.25) is 0 Å². The van der Waals surface area contributed by atoms with Crippen LogP contribution in [0.5, 0.6) is 0 Å². The Labute approximate surface area is 77.6 Å². The van der Waals surface area contributed by atoms with E-state index in [2.05, 4.69) is 0 Å². The molecule has 0 atom stereocenters. The minimum absolute atomic E-state index is 0.00653. The average molecular weight is 195 g/mol. The summed E-state index contributed by atoms with van der Waals surface area (Å²) in [5.74, 6) is -0.176. The predicted molar refractivity (Wildman–Crippen MR) is 46.2 cm³/mol. The van der Waals surface area contributed by atoms with E-state index in [1.807, 2.05) is 13.8 Å². The number of ether oxygens (including phenoxy) is 2. The highest BCUT2D eigenvalue weighted by molar-refractivity contribution is 6.18. The van der Waals surface area contributed by atoms with Gasteiger partial charge in [-0.25, -0.2) is 0 Å². The van der Waals surface area contributed by atoms with E-state index in [0.717, 1.165) is 0 Å². The SMILES string of the molecule is CC1(C)OCC(CO)(CCl)CO1. The summed E-state index contributed by atoms with van der Waals surface area (Å²) in [5.41, 5.74) is -0.406. The highest BCUT2D eigenvalue weighted by atomic mass is 35.5. The van der Waals surface area contributed by atoms with E-state index in [1.54, 1.807) is 0 Å². The molecule has 0 bridgehead atoms. The van der Waals surface area contributed by atoms with Gasteiger partial charge in [-0.1, -0.05) is 0 Å². The standard InChI is InChI=1S/C8H15ClO3/c1-7(2)11-5-8(3-9,4-10)6-12-7/h10H,3-6H2,1-2H3. The number of rotatable bonds is 2. The molecule has 0 spiro atoms. The first-order valence-electron chi connectivity index (χ1n) is 3.98. The smallest absolute Gasteiger partial charge is 0.162 e. The average Bonchev–Trinajstić information content (AvgIpc) is 2.06. The number of aliphatic hydroxyl groups excluding tert-OH is 1. The molecule has 1 saturated heterocycles. The zero-order valence-electron chi connectivity index (χ0n) is 7.47. The Hall–Kier alpha value is 0.170. The minimum atomic E-state index is -0.537. The van der Waals surface area contributed by atoms with Crippen LogP contribution in [0, 0.1) is 5.41 Å². The van der Waals surface area contributed by atoms with Crippen molar-refractivity contribution < 1.29 is 14.6 Å². The lowest BCUT2D eigenvalue weighted by Crippen LogP contribution is -2.49. The lowest BCUT2D eigenvalue weighted by atomic mass is 9.93. The van der Waals surface area contributed by atoms with Crippen LogP contribution in [0.4, 0.5) is 0 Å². The summed E-state index contributed by atoms with van der Waals surface area (Å²) in [6, 6.07) is 0. The third kappa shape index (κ3) is 2.10. The van der Waals surface area contributed by atoms with Crippen molar-refractivity contribution in [3.05, 3.63) is 0 Å². The molecule has 1 N–H and O–H groups in total. The van der Waals surface area contributed by atoms with Crippen molar-refractivity contribution in [2.24, 2.45) is 5.41 Å². The van der Waals surface area contributed by atoms with Crippen molar-refractivity contribution in [3.8, 4) is 0 Å². The number of aliphatic hydroxyl groups is 1. The zero-order chi connectivity index (χ0) is 9.24. The van der Waals surface area contributed by atoms with Gasteiger partial charge in [-0.05, 0) is 13.8 Å². The van der Waals surface area contributed by atoms with Gasteiger partial charge >= 0.3 is 0 Å². The minimum Gasteiger partial charge on any atom is -0.396 e. The summed E-state index contributed by atoms with van der Waals surface area (Å²) in [5, 5.41) is 9.07. The van der Waals surface area contributed by atoms with Crippen molar-refractivity contribution in [1.82, 2.24) is 0 Å². The third-order valence-electron chi connectivity index (χ3n) is 2.07. The molecule has 0 aromatic heterocycles. The monoisotopic (exact) mass is 194 g/mol. The van der Waals surface area contributed by atoms with E-state index in [1.165, 1.54) is 0 Å². The second-order valence-corrected chi connectivity index (χ2v) is 4.04. The topological polar surface area (TPSA) is 38.7 Å². The number of alkyl halides is 1. The van der Waals surface area contributed by atoms with Crippen LogP contribution < -0.4 is 0 Å². The molecule has 4 heteroatoms. The summed E-state index contributed by atoms with van der Waals surface area (Å²) in [4.78, 5) is 0. The summed E-state index contributed by atoms with van der Waals surface area (Å²) in [6.07, 6.45) is 0. The predicted octanol–water partition coefficient (Wildman–Crippen LogP) is 0.987. The molecule has 0 radical (unpaired) electrons. The summed E-state index contributed by atoms with van der Waals surface area (Å²) < 4.78 is 10.8. The maximum atomic E-state index is 9.07. The van der Waals surface area contributed by atoms with Crippen molar-refractivity contribution in [2.75, 3.05) is 25.7 Å². The molecule has 1 rings (SSSR count). The molecule has 0 aromatic carbocycles. The van der Waals surface area contributed by atoms with Crippen molar-refractivity contribution in [1.29, 1.82) is 0 Å². The summed E-state index contributed by atoms with van der Waals surface area (Å²) >= 11 is 5.71. The van der Waals surface area contributed by atoms with Gasteiger partial charge in [0.15, 0.2) is 5.79 Å². The highest BCUT2D eigenvalue weighted by Gasteiger charge is 2.39. The molecule has 0 aliphatic carbocycles. The van der Waals surface area contributed by atoms with E-state index >= 15 is 0 Å². The van der Waals surface area contributed by atoms with Gasteiger partial charge in [0.1, 0.15) is 0 Å². The fraction of sp³-hybridized carbons (Fsp3) is 1.00. The van der Waals surface area contributed by atoms with Crippen molar-refractivity contribution >= 4 is 11.6 Å². The van der Waals surface area contributed by atoms with Crippen LogP contribution in [-0.4, -0.2) is 36.6 Å². The van der Waals surface area contributed by atoms with Gasteiger partial charge < -0.3 is 14.6 Å². The molecule has 0 amide bonds. The first-order valence-corrected chi connectivity index (χ1v) is 4.52. The summed E-state index contributed by atoms with van der Waals surface area (Å²) in [6.45, 7) is 4.62. The fourth-order valence-corrected chi connectivity index (χ4v) is 1.19. The Morgan fingerprint density at radius 3 is 2.17 bits per heavy atom. The van der Waals surface area contributed by atoms with Crippen molar-refractivity contribution in [3.63, 3.8) is 0 Å². The molecule has 0 unspecified atom stereocenters. The van der Waals surface area contributed by atoms with Crippen LogP contribution in [0.15, 0.2) is 0 Å². The van der Waals surface area contributed by atoms with Gasteiger partial charge in [0.2, 0.25) is 0 Å². The van der Waals surface area contributed by atoms with Gasteiger partial charge in [-0.2, -0.15) is 0 Å². The number of hydrogen-bond donors (Lipinski definition) is 1. The Morgan fingerprint density at radius 1 is 1.33 bits per heavy atom. The largest absolute Gasteiger partial charge is 0.396 e. The molecule has 3 nitrogen and oxygen atoms in total. The van der Waals surface area contributed by atoms with E-state index in [4.69, 9.17) is 26.2 Å². The van der Waals surface area contributed by atoms with E-state index in [0.29, 0.717) is 19.1 Å². The lowest BCUT2D eigenvalue weighted by molar-refractivity contribution is -0.285. The van der Waals surface area contributed by atoms with Crippen LogP contribution in [-0.2, 0) is 9.47 Å².